The van der Waals surface area contributed by atoms with E-state index >= 15 is 0 Å². The maximum atomic E-state index is 12.0. The minimum atomic E-state index is -2.21. The Morgan fingerprint density at radius 3 is 2.36 bits per heavy atom. The van der Waals surface area contributed by atoms with E-state index < -0.39 is 12.5 Å². The van der Waals surface area contributed by atoms with Crippen molar-refractivity contribution in [1.29, 1.82) is 0 Å². The first kappa shape index (κ1) is 11.5. The summed E-state index contributed by atoms with van der Waals surface area (Å²) in [6.45, 7) is 0.824. The van der Waals surface area contributed by atoms with Gasteiger partial charge in [0.25, 0.3) is 0 Å². The van der Waals surface area contributed by atoms with Gasteiger partial charge in [0.1, 0.15) is 6.67 Å². The maximum absolute atomic E-state index is 12.0. The molecule has 0 aliphatic rings. The number of aliphatic hydroxyl groups is 2. The number of hydrogen-bond acceptors (Lipinski definition) is 3. The Morgan fingerprint density at radius 1 is 1.29 bits per heavy atom. The molecule has 0 amide bonds. The average Bonchev–Trinajstić information content (AvgIpc) is 2.17. The van der Waals surface area contributed by atoms with Gasteiger partial charge in [-0.05, 0) is 19.1 Å². The number of alkyl halides is 1. The standard InChI is InChI=1S/C10H13FO2S/c1-8-2-4-9(5-3-8)14-7-10(12,13)6-11/h2-5,12-13H,6-7H2,1H3. The second-order valence-electron chi connectivity index (χ2n) is 3.22. The number of benzene rings is 1. The van der Waals surface area contributed by atoms with E-state index in [1.54, 1.807) is 0 Å². The lowest BCUT2D eigenvalue weighted by Gasteiger charge is -2.16. The van der Waals surface area contributed by atoms with Gasteiger partial charge >= 0.3 is 0 Å². The number of hydrogen-bond donors (Lipinski definition) is 2. The van der Waals surface area contributed by atoms with Crippen LogP contribution in [0, 0.1) is 6.92 Å². The van der Waals surface area contributed by atoms with Crippen molar-refractivity contribution in [1.82, 2.24) is 0 Å². The van der Waals surface area contributed by atoms with Crippen LogP contribution >= 0.6 is 11.8 Å². The molecular formula is C10H13FO2S. The number of thioether (sulfide) groups is 1. The van der Waals surface area contributed by atoms with Gasteiger partial charge < -0.3 is 10.2 Å². The summed E-state index contributed by atoms with van der Waals surface area (Å²) < 4.78 is 12.0. The van der Waals surface area contributed by atoms with E-state index in [1.807, 2.05) is 31.2 Å². The molecule has 1 aromatic carbocycles. The predicted octanol–water partition coefficient (Wildman–Crippen LogP) is 1.74. The fourth-order valence-corrected chi connectivity index (χ4v) is 1.68. The minimum Gasteiger partial charge on any atom is -0.363 e. The second kappa shape index (κ2) is 4.77. The Bertz CT molecular complexity index is 285. The summed E-state index contributed by atoms with van der Waals surface area (Å²) in [5.74, 6) is -2.28. The summed E-state index contributed by atoms with van der Waals surface area (Å²) in [6, 6.07) is 7.59. The Morgan fingerprint density at radius 2 is 1.86 bits per heavy atom. The highest BCUT2D eigenvalue weighted by molar-refractivity contribution is 7.99. The lowest BCUT2D eigenvalue weighted by molar-refractivity contribution is -0.151. The molecule has 0 atom stereocenters. The molecule has 4 heteroatoms. The van der Waals surface area contributed by atoms with Gasteiger partial charge in [0.05, 0.1) is 5.75 Å². The molecule has 0 fully saturated rings. The third-order valence-corrected chi connectivity index (χ3v) is 2.92. The summed E-state index contributed by atoms with van der Waals surface area (Å²) >= 11 is 1.22. The Kier molecular flexibility index (Phi) is 3.92. The second-order valence-corrected chi connectivity index (χ2v) is 4.27. The number of rotatable bonds is 4. The fourth-order valence-electron chi connectivity index (χ4n) is 0.872. The monoisotopic (exact) mass is 216 g/mol. The minimum absolute atomic E-state index is 0.0629. The molecule has 0 spiro atoms. The fraction of sp³-hybridized carbons (Fsp3) is 0.400. The molecule has 0 aliphatic heterocycles. The van der Waals surface area contributed by atoms with E-state index in [2.05, 4.69) is 0 Å². The molecule has 0 heterocycles. The van der Waals surface area contributed by atoms with Crippen molar-refractivity contribution in [2.75, 3.05) is 12.4 Å². The Balaban J connectivity index is 2.50. The smallest absolute Gasteiger partial charge is 0.201 e. The van der Waals surface area contributed by atoms with E-state index in [-0.39, 0.29) is 5.75 Å². The first-order valence-corrected chi connectivity index (χ1v) is 5.22. The summed E-state index contributed by atoms with van der Waals surface area (Å²) in [7, 11) is 0. The van der Waals surface area contributed by atoms with E-state index in [0.29, 0.717) is 0 Å². The zero-order valence-electron chi connectivity index (χ0n) is 7.90. The van der Waals surface area contributed by atoms with Crippen LogP contribution in [0.4, 0.5) is 4.39 Å². The van der Waals surface area contributed by atoms with Crippen molar-refractivity contribution in [3.8, 4) is 0 Å². The average molecular weight is 216 g/mol. The maximum Gasteiger partial charge on any atom is 0.201 e. The lowest BCUT2D eigenvalue weighted by Crippen LogP contribution is -2.33. The van der Waals surface area contributed by atoms with Gasteiger partial charge in [0.2, 0.25) is 5.79 Å². The predicted molar refractivity (Wildman–Crippen MR) is 55.0 cm³/mol. The third kappa shape index (κ3) is 3.65. The van der Waals surface area contributed by atoms with Crippen molar-refractivity contribution in [2.24, 2.45) is 0 Å². The molecule has 1 rings (SSSR count). The first-order chi connectivity index (χ1) is 6.53. The van der Waals surface area contributed by atoms with Gasteiger partial charge in [-0.3, -0.25) is 0 Å². The van der Waals surface area contributed by atoms with Crippen LogP contribution in [0.1, 0.15) is 5.56 Å². The molecule has 2 nitrogen and oxygen atoms in total. The summed E-state index contributed by atoms with van der Waals surface area (Å²) in [6.07, 6.45) is 0. The molecule has 2 N–H and O–H groups in total. The molecule has 0 saturated heterocycles. The first-order valence-electron chi connectivity index (χ1n) is 4.24. The van der Waals surface area contributed by atoms with Crippen LogP contribution in [0.3, 0.4) is 0 Å². The highest BCUT2D eigenvalue weighted by Crippen LogP contribution is 2.22. The van der Waals surface area contributed by atoms with Gasteiger partial charge in [-0.25, -0.2) is 4.39 Å². The van der Waals surface area contributed by atoms with Gasteiger partial charge in [0, 0.05) is 4.90 Å². The molecule has 0 unspecified atom stereocenters. The lowest BCUT2D eigenvalue weighted by atomic mass is 10.2. The van der Waals surface area contributed by atoms with Gasteiger partial charge in [0.15, 0.2) is 0 Å². The van der Waals surface area contributed by atoms with E-state index in [1.165, 1.54) is 11.8 Å². The molecular weight excluding hydrogens is 203 g/mol. The van der Waals surface area contributed by atoms with Crippen molar-refractivity contribution >= 4 is 11.8 Å². The molecule has 0 aliphatic carbocycles. The van der Waals surface area contributed by atoms with Gasteiger partial charge in [-0.15, -0.1) is 11.8 Å². The quantitative estimate of drug-likeness (QED) is 0.595. The summed E-state index contributed by atoms with van der Waals surface area (Å²) in [5.41, 5.74) is 1.14. The van der Waals surface area contributed by atoms with Crippen molar-refractivity contribution < 1.29 is 14.6 Å². The summed E-state index contributed by atoms with van der Waals surface area (Å²) in [5, 5.41) is 18.0. The van der Waals surface area contributed by atoms with Crippen molar-refractivity contribution in [3.05, 3.63) is 29.8 Å². The van der Waals surface area contributed by atoms with Crippen molar-refractivity contribution in [2.45, 2.75) is 17.6 Å². The van der Waals surface area contributed by atoms with Crippen LogP contribution in [0.2, 0.25) is 0 Å². The van der Waals surface area contributed by atoms with Crippen LogP contribution in [-0.2, 0) is 0 Å². The highest BCUT2D eigenvalue weighted by Gasteiger charge is 2.22. The molecule has 1 aromatic rings. The van der Waals surface area contributed by atoms with Crippen LogP contribution in [-0.4, -0.2) is 28.4 Å². The Labute approximate surface area is 86.8 Å². The van der Waals surface area contributed by atoms with Crippen LogP contribution in [0.15, 0.2) is 29.2 Å². The molecule has 0 bridgehead atoms. The van der Waals surface area contributed by atoms with Gasteiger partial charge in [-0.1, -0.05) is 17.7 Å². The molecule has 0 saturated carbocycles. The molecule has 0 aromatic heterocycles. The van der Waals surface area contributed by atoms with E-state index in [4.69, 9.17) is 10.2 Å². The highest BCUT2D eigenvalue weighted by atomic mass is 32.2. The van der Waals surface area contributed by atoms with Gasteiger partial charge in [-0.2, -0.15) is 0 Å². The molecule has 78 valence electrons. The van der Waals surface area contributed by atoms with Crippen molar-refractivity contribution in [3.63, 3.8) is 0 Å². The van der Waals surface area contributed by atoms with Crippen LogP contribution in [0.5, 0.6) is 0 Å². The number of halogens is 1. The van der Waals surface area contributed by atoms with Crippen LogP contribution < -0.4 is 0 Å². The van der Waals surface area contributed by atoms with E-state index in [0.717, 1.165) is 10.5 Å². The van der Waals surface area contributed by atoms with E-state index in [9.17, 15) is 4.39 Å². The number of aryl methyl sites for hydroxylation is 1. The third-order valence-electron chi connectivity index (χ3n) is 1.70. The molecule has 0 radical (unpaired) electrons. The Hall–Kier alpha value is -0.580. The van der Waals surface area contributed by atoms with Crippen LogP contribution in [0.25, 0.3) is 0 Å². The zero-order valence-corrected chi connectivity index (χ0v) is 8.72. The zero-order chi connectivity index (χ0) is 10.6. The topological polar surface area (TPSA) is 40.5 Å². The summed E-state index contributed by atoms with van der Waals surface area (Å²) in [4.78, 5) is 0.900. The SMILES string of the molecule is Cc1ccc(SCC(O)(O)CF)cc1. The normalized spacial score (nSPS) is 11.7. The molecule has 14 heavy (non-hydrogen) atoms. The largest absolute Gasteiger partial charge is 0.363 e.